The molecule has 0 aliphatic heterocycles. The zero-order valence-electron chi connectivity index (χ0n) is 12.3. The van der Waals surface area contributed by atoms with E-state index in [1.165, 1.54) is 0 Å². The van der Waals surface area contributed by atoms with Gasteiger partial charge in [-0.25, -0.2) is 4.98 Å². The summed E-state index contributed by atoms with van der Waals surface area (Å²) in [5, 5.41) is 9.27. The first-order chi connectivity index (χ1) is 10.2. The van der Waals surface area contributed by atoms with Crippen molar-refractivity contribution in [3.63, 3.8) is 0 Å². The molecule has 21 heavy (non-hydrogen) atoms. The van der Waals surface area contributed by atoms with Crippen LogP contribution in [-0.4, -0.2) is 34.5 Å². The van der Waals surface area contributed by atoms with Gasteiger partial charge in [0.05, 0.1) is 49.8 Å². The van der Waals surface area contributed by atoms with Gasteiger partial charge < -0.3 is 20.3 Å². The molecule has 1 aromatic heterocycles. The van der Waals surface area contributed by atoms with E-state index in [9.17, 15) is 5.11 Å². The van der Waals surface area contributed by atoms with Crippen LogP contribution in [0.5, 0.6) is 11.5 Å². The second kappa shape index (κ2) is 7.10. The van der Waals surface area contributed by atoms with E-state index in [0.717, 1.165) is 11.4 Å². The van der Waals surface area contributed by atoms with Crippen molar-refractivity contribution < 1.29 is 14.6 Å². The maximum absolute atomic E-state index is 9.27. The quantitative estimate of drug-likeness (QED) is 0.810. The molecule has 6 nitrogen and oxygen atoms in total. The summed E-state index contributed by atoms with van der Waals surface area (Å²) >= 11 is 0. The van der Waals surface area contributed by atoms with Crippen molar-refractivity contribution in [3.8, 4) is 17.2 Å². The van der Waals surface area contributed by atoms with E-state index in [-0.39, 0.29) is 6.61 Å². The average Bonchev–Trinajstić information content (AvgIpc) is 2.98. The van der Waals surface area contributed by atoms with Crippen LogP contribution in [0.3, 0.4) is 0 Å². The number of hydrogen-bond acceptors (Lipinski definition) is 5. The van der Waals surface area contributed by atoms with Crippen molar-refractivity contribution in [1.29, 1.82) is 0 Å². The summed E-state index contributed by atoms with van der Waals surface area (Å²) in [6, 6.07) is 5.10. The zero-order chi connectivity index (χ0) is 15.2. The van der Waals surface area contributed by atoms with Gasteiger partial charge in [-0.1, -0.05) is 0 Å². The Labute approximate surface area is 124 Å². The van der Waals surface area contributed by atoms with Crippen LogP contribution in [0.4, 0.5) is 0 Å². The lowest BCUT2D eigenvalue weighted by Crippen LogP contribution is -2.18. The maximum atomic E-state index is 9.27. The van der Waals surface area contributed by atoms with Crippen LogP contribution in [0.2, 0.25) is 0 Å². The van der Waals surface area contributed by atoms with Crippen LogP contribution >= 0.6 is 0 Å². The standard InChI is InChI=1S/C15H21N3O3/c1-3-20-11-5-6-15(21-4-2)13(7-11)18-10-17-8-14(18)12(16)9-19/h5-8,10,12,19H,3-4,9,16H2,1-2H3. The lowest BCUT2D eigenvalue weighted by atomic mass is 10.2. The van der Waals surface area contributed by atoms with Crippen LogP contribution in [0, 0.1) is 0 Å². The molecule has 1 atom stereocenters. The van der Waals surface area contributed by atoms with Gasteiger partial charge in [0.1, 0.15) is 11.5 Å². The number of nitrogens with two attached hydrogens (primary N) is 1. The van der Waals surface area contributed by atoms with Gasteiger partial charge >= 0.3 is 0 Å². The molecule has 0 bridgehead atoms. The van der Waals surface area contributed by atoms with E-state index in [2.05, 4.69) is 4.98 Å². The number of ether oxygens (including phenoxy) is 2. The molecule has 114 valence electrons. The third-order valence-corrected chi connectivity index (χ3v) is 3.04. The highest BCUT2D eigenvalue weighted by Gasteiger charge is 2.15. The van der Waals surface area contributed by atoms with Gasteiger partial charge in [0.15, 0.2) is 0 Å². The predicted molar refractivity (Wildman–Crippen MR) is 79.9 cm³/mol. The third-order valence-electron chi connectivity index (χ3n) is 3.04. The van der Waals surface area contributed by atoms with Gasteiger partial charge in [0, 0.05) is 6.07 Å². The number of imidazole rings is 1. The van der Waals surface area contributed by atoms with Crippen LogP contribution in [0.1, 0.15) is 25.6 Å². The van der Waals surface area contributed by atoms with E-state index in [1.807, 2.05) is 36.6 Å². The number of benzene rings is 1. The Morgan fingerprint density at radius 3 is 2.71 bits per heavy atom. The molecule has 0 aliphatic rings. The first-order valence-electron chi connectivity index (χ1n) is 6.99. The number of aliphatic hydroxyl groups is 1. The molecule has 2 rings (SSSR count). The molecule has 0 radical (unpaired) electrons. The molecular formula is C15H21N3O3. The number of nitrogens with zero attached hydrogens (tertiary/aromatic N) is 2. The van der Waals surface area contributed by atoms with Gasteiger partial charge in [0.2, 0.25) is 0 Å². The molecule has 0 saturated heterocycles. The monoisotopic (exact) mass is 291 g/mol. The smallest absolute Gasteiger partial charge is 0.143 e. The molecule has 1 heterocycles. The normalized spacial score (nSPS) is 12.2. The number of aliphatic hydroxyl groups excluding tert-OH is 1. The lowest BCUT2D eigenvalue weighted by Gasteiger charge is -2.17. The van der Waals surface area contributed by atoms with Gasteiger partial charge in [-0.05, 0) is 26.0 Å². The highest BCUT2D eigenvalue weighted by molar-refractivity contribution is 5.52. The summed E-state index contributed by atoms with van der Waals surface area (Å²) < 4.78 is 13.0. The summed E-state index contributed by atoms with van der Waals surface area (Å²) in [4.78, 5) is 4.12. The minimum atomic E-state index is -0.502. The Morgan fingerprint density at radius 2 is 2.05 bits per heavy atom. The fraction of sp³-hybridized carbons (Fsp3) is 0.400. The van der Waals surface area contributed by atoms with Crippen LogP contribution in [-0.2, 0) is 0 Å². The third kappa shape index (κ3) is 3.34. The minimum absolute atomic E-state index is 0.152. The maximum Gasteiger partial charge on any atom is 0.143 e. The highest BCUT2D eigenvalue weighted by atomic mass is 16.5. The number of aromatic nitrogens is 2. The minimum Gasteiger partial charge on any atom is -0.494 e. The molecule has 0 aliphatic carbocycles. The number of hydrogen-bond donors (Lipinski definition) is 2. The van der Waals surface area contributed by atoms with Crippen LogP contribution in [0.25, 0.3) is 5.69 Å². The fourth-order valence-corrected chi connectivity index (χ4v) is 2.09. The largest absolute Gasteiger partial charge is 0.494 e. The second-order valence-corrected chi connectivity index (χ2v) is 4.47. The van der Waals surface area contributed by atoms with Crippen molar-refractivity contribution in [2.75, 3.05) is 19.8 Å². The highest BCUT2D eigenvalue weighted by Crippen LogP contribution is 2.30. The summed E-state index contributed by atoms with van der Waals surface area (Å²) in [7, 11) is 0. The summed E-state index contributed by atoms with van der Waals surface area (Å²) in [5.41, 5.74) is 7.42. The van der Waals surface area contributed by atoms with Crippen molar-refractivity contribution >= 4 is 0 Å². The van der Waals surface area contributed by atoms with E-state index in [1.54, 1.807) is 12.5 Å². The van der Waals surface area contributed by atoms with Crippen molar-refractivity contribution in [2.45, 2.75) is 19.9 Å². The Morgan fingerprint density at radius 1 is 1.29 bits per heavy atom. The van der Waals surface area contributed by atoms with Crippen molar-refractivity contribution in [3.05, 3.63) is 36.4 Å². The summed E-state index contributed by atoms with van der Waals surface area (Å²) in [6.45, 7) is 4.84. The van der Waals surface area contributed by atoms with Gasteiger partial charge in [-0.2, -0.15) is 0 Å². The Hall–Kier alpha value is -2.05. The first-order valence-corrected chi connectivity index (χ1v) is 6.99. The van der Waals surface area contributed by atoms with E-state index >= 15 is 0 Å². The Kier molecular flexibility index (Phi) is 5.19. The molecule has 2 aromatic rings. The van der Waals surface area contributed by atoms with Crippen LogP contribution < -0.4 is 15.2 Å². The van der Waals surface area contributed by atoms with E-state index < -0.39 is 6.04 Å². The Balaban J connectivity index is 2.49. The molecule has 0 spiro atoms. The first kappa shape index (κ1) is 15.3. The SMILES string of the molecule is CCOc1ccc(OCC)c(-n2cncc2C(N)CO)c1. The second-order valence-electron chi connectivity index (χ2n) is 4.47. The van der Waals surface area contributed by atoms with E-state index in [4.69, 9.17) is 15.2 Å². The fourth-order valence-electron chi connectivity index (χ4n) is 2.09. The summed E-state index contributed by atoms with van der Waals surface area (Å²) in [6.07, 6.45) is 3.29. The summed E-state index contributed by atoms with van der Waals surface area (Å²) in [5.74, 6) is 1.46. The van der Waals surface area contributed by atoms with E-state index in [0.29, 0.717) is 24.7 Å². The van der Waals surface area contributed by atoms with Gasteiger partial charge in [-0.3, -0.25) is 4.57 Å². The van der Waals surface area contributed by atoms with Gasteiger partial charge in [0.25, 0.3) is 0 Å². The average molecular weight is 291 g/mol. The van der Waals surface area contributed by atoms with Crippen molar-refractivity contribution in [2.24, 2.45) is 5.73 Å². The zero-order valence-corrected chi connectivity index (χ0v) is 12.3. The predicted octanol–water partition coefficient (Wildman–Crippen LogP) is 1.66. The molecular weight excluding hydrogens is 270 g/mol. The molecule has 6 heteroatoms. The topological polar surface area (TPSA) is 82.5 Å². The molecule has 0 amide bonds. The van der Waals surface area contributed by atoms with Crippen LogP contribution in [0.15, 0.2) is 30.7 Å². The lowest BCUT2D eigenvalue weighted by molar-refractivity contribution is 0.264. The molecule has 1 unspecified atom stereocenters. The van der Waals surface area contributed by atoms with Gasteiger partial charge in [-0.15, -0.1) is 0 Å². The molecule has 3 N–H and O–H groups in total. The molecule has 0 saturated carbocycles. The number of rotatable bonds is 7. The van der Waals surface area contributed by atoms with Crippen molar-refractivity contribution in [1.82, 2.24) is 9.55 Å². The molecule has 1 aromatic carbocycles. The molecule has 0 fully saturated rings. The Bertz CT molecular complexity index is 583.